The van der Waals surface area contributed by atoms with Crippen molar-refractivity contribution in [2.45, 2.75) is 31.6 Å². The number of benzene rings is 1. The second kappa shape index (κ2) is 20.3. The maximum atomic E-state index is 12.0. The van der Waals surface area contributed by atoms with E-state index in [4.69, 9.17) is 32.6 Å². The predicted molar refractivity (Wildman–Crippen MR) is 124 cm³/mol. The quantitative estimate of drug-likeness (QED) is 0.169. The van der Waals surface area contributed by atoms with Crippen molar-refractivity contribution in [3.63, 3.8) is 0 Å². The second-order valence-corrected chi connectivity index (χ2v) is 8.73. The highest BCUT2D eigenvalue weighted by Gasteiger charge is 2.14. The van der Waals surface area contributed by atoms with Gasteiger partial charge in [0.25, 0.3) is 10.1 Å². The third-order valence-corrected chi connectivity index (χ3v) is 5.60. The highest BCUT2D eigenvalue weighted by atomic mass is 32.2. The first-order valence-corrected chi connectivity index (χ1v) is 12.9. The zero-order valence-electron chi connectivity index (χ0n) is 20.0. The number of ether oxygens (including phenoxy) is 6. The predicted octanol–water partition coefficient (Wildman–Crippen LogP) is 2.60. The van der Waals surface area contributed by atoms with E-state index in [9.17, 15) is 8.42 Å². The molecule has 0 N–H and O–H groups in total. The molecule has 0 fully saturated rings. The van der Waals surface area contributed by atoms with Gasteiger partial charge in [-0.25, -0.2) is 0 Å². The van der Waals surface area contributed by atoms with Crippen LogP contribution in [-0.4, -0.2) is 94.3 Å². The summed E-state index contributed by atoms with van der Waals surface area (Å²) in [6, 6.07) is 6.50. The van der Waals surface area contributed by atoms with Gasteiger partial charge in [0.15, 0.2) is 0 Å². The van der Waals surface area contributed by atoms with Crippen LogP contribution in [0.4, 0.5) is 0 Å². The molecule has 1 aromatic rings. The van der Waals surface area contributed by atoms with Gasteiger partial charge in [-0.05, 0) is 25.5 Å². The Kier molecular flexibility index (Phi) is 18.4. The number of hydrogen-bond donors (Lipinski definition) is 0. The average molecular weight is 493 g/mol. The second-order valence-electron chi connectivity index (χ2n) is 7.12. The van der Waals surface area contributed by atoms with Crippen LogP contribution in [-0.2, 0) is 42.7 Å². The lowest BCUT2D eigenvalue weighted by atomic mass is 10.2. The molecule has 0 amide bonds. The Hall–Kier alpha value is -1.11. The van der Waals surface area contributed by atoms with Gasteiger partial charge in [0.05, 0.1) is 84.2 Å². The molecule has 0 unspecified atom stereocenters. The third kappa shape index (κ3) is 17.0. The van der Waals surface area contributed by atoms with Crippen LogP contribution in [0.5, 0.6) is 0 Å². The fourth-order valence-corrected chi connectivity index (χ4v) is 3.32. The van der Waals surface area contributed by atoms with Crippen LogP contribution < -0.4 is 0 Å². The molecule has 0 saturated carbocycles. The molecule has 33 heavy (non-hydrogen) atoms. The molecule has 0 spiro atoms. The van der Waals surface area contributed by atoms with Gasteiger partial charge in [0.2, 0.25) is 0 Å². The van der Waals surface area contributed by atoms with Crippen LogP contribution in [0, 0.1) is 6.92 Å². The van der Waals surface area contributed by atoms with Crippen LogP contribution in [0.1, 0.15) is 25.3 Å². The molecule has 0 radical (unpaired) electrons. The van der Waals surface area contributed by atoms with Crippen LogP contribution in [0.3, 0.4) is 0 Å². The topological polar surface area (TPSA) is 98.8 Å². The maximum Gasteiger partial charge on any atom is 0.297 e. The lowest BCUT2D eigenvalue weighted by Gasteiger charge is -2.08. The van der Waals surface area contributed by atoms with E-state index in [1.165, 1.54) is 12.1 Å². The summed E-state index contributed by atoms with van der Waals surface area (Å²) in [4.78, 5) is 0.137. The molecule has 0 atom stereocenters. The SMILES string of the molecule is CCCCOCCOCCOCCOCCOCCOCCOS(=O)(=O)c1ccc(C)cc1. The van der Waals surface area contributed by atoms with Crippen molar-refractivity contribution in [1.29, 1.82) is 0 Å². The third-order valence-electron chi connectivity index (χ3n) is 4.28. The van der Waals surface area contributed by atoms with E-state index in [2.05, 4.69) is 6.92 Å². The fraction of sp³-hybridized carbons (Fsp3) is 0.739. The Labute approximate surface area is 198 Å². The molecular formula is C23H40O9S. The van der Waals surface area contributed by atoms with E-state index in [1.807, 2.05) is 6.92 Å². The summed E-state index contributed by atoms with van der Waals surface area (Å²) < 4.78 is 61.3. The molecule has 0 aromatic heterocycles. The highest BCUT2D eigenvalue weighted by molar-refractivity contribution is 7.86. The summed E-state index contributed by atoms with van der Waals surface area (Å²) in [6.45, 7) is 9.87. The molecule has 0 heterocycles. The first kappa shape index (κ1) is 29.9. The Morgan fingerprint density at radius 3 is 1.33 bits per heavy atom. The molecule has 0 aliphatic rings. The number of aryl methyl sites for hydroxylation is 1. The van der Waals surface area contributed by atoms with Gasteiger partial charge < -0.3 is 28.4 Å². The minimum atomic E-state index is -3.75. The van der Waals surface area contributed by atoms with Crippen molar-refractivity contribution in [2.24, 2.45) is 0 Å². The van der Waals surface area contributed by atoms with E-state index in [-0.39, 0.29) is 18.1 Å². The van der Waals surface area contributed by atoms with E-state index >= 15 is 0 Å². The number of hydrogen-bond acceptors (Lipinski definition) is 9. The van der Waals surface area contributed by atoms with Gasteiger partial charge >= 0.3 is 0 Å². The molecule has 0 saturated heterocycles. The molecule has 9 nitrogen and oxygen atoms in total. The minimum absolute atomic E-state index is 0.0445. The van der Waals surface area contributed by atoms with Crippen LogP contribution in [0.2, 0.25) is 0 Å². The van der Waals surface area contributed by atoms with E-state index < -0.39 is 10.1 Å². The van der Waals surface area contributed by atoms with Crippen molar-refractivity contribution in [3.8, 4) is 0 Å². The standard InChI is InChI=1S/C23H40O9S/c1-3-4-9-26-10-11-27-12-13-28-14-15-29-16-17-30-18-19-31-20-21-32-33(24,25)23-7-5-22(2)6-8-23/h5-8H,3-4,9-21H2,1-2H3. The van der Waals surface area contributed by atoms with Gasteiger partial charge in [-0.1, -0.05) is 31.0 Å². The van der Waals surface area contributed by atoms with E-state index in [0.29, 0.717) is 66.1 Å². The molecule has 10 heteroatoms. The highest BCUT2D eigenvalue weighted by Crippen LogP contribution is 2.12. The summed E-state index contributed by atoms with van der Waals surface area (Å²) in [5.74, 6) is 0. The average Bonchev–Trinajstić information content (AvgIpc) is 2.80. The fourth-order valence-electron chi connectivity index (χ4n) is 2.42. The molecule has 192 valence electrons. The van der Waals surface area contributed by atoms with Crippen LogP contribution in [0.25, 0.3) is 0 Å². The van der Waals surface area contributed by atoms with Crippen LogP contribution >= 0.6 is 0 Å². The van der Waals surface area contributed by atoms with Crippen molar-refractivity contribution in [3.05, 3.63) is 29.8 Å². The van der Waals surface area contributed by atoms with Crippen molar-refractivity contribution < 1.29 is 41.0 Å². The van der Waals surface area contributed by atoms with Gasteiger partial charge in [0.1, 0.15) is 0 Å². The van der Waals surface area contributed by atoms with Gasteiger partial charge in [-0.15, -0.1) is 0 Å². The van der Waals surface area contributed by atoms with Gasteiger partial charge in [-0.3, -0.25) is 4.18 Å². The summed E-state index contributed by atoms with van der Waals surface area (Å²) in [5.41, 5.74) is 0.983. The zero-order chi connectivity index (χ0) is 24.0. The number of rotatable bonds is 23. The number of unbranched alkanes of at least 4 members (excludes halogenated alkanes) is 1. The Bertz CT molecular complexity index is 665. The van der Waals surface area contributed by atoms with E-state index in [1.54, 1.807) is 12.1 Å². The minimum Gasteiger partial charge on any atom is -0.379 e. The first-order chi connectivity index (χ1) is 16.1. The monoisotopic (exact) mass is 492 g/mol. The molecule has 1 aromatic carbocycles. The van der Waals surface area contributed by atoms with Crippen molar-refractivity contribution in [1.82, 2.24) is 0 Å². The van der Waals surface area contributed by atoms with Gasteiger partial charge in [0, 0.05) is 6.61 Å². The normalized spacial score (nSPS) is 11.8. The molecule has 0 aliphatic carbocycles. The molecule has 0 bridgehead atoms. The largest absolute Gasteiger partial charge is 0.379 e. The zero-order valence-corrected chi connectivity index (χ0v) is 20.8. The van der Waals surface area contributed by atoms with E-state index in [0.717, 1.165) is 25.0 Å². The lowest BCUT2D eigenvalue weighted by molar-refractivity contribution is -0.0178. The van der Waals surface area contributed by atoms with Crippen molar-refractivity contribution >= 4 is 10.1 Å². The summed E-state index contributed by atoms with van der Waals surface area (Å²) in [6.07, 6.45) is 2.22. The Morgan fingerprint density at radius 2 is 0.939 bits per heavy atom. The molecule has 0 aliphatic heterocycles. The first-order valence-electron chi connectivity index (χ1n) is 11.5. The smallest absolute Gasteiger partial charge is 0.297 e. The Balaban J connectivity index is 1.79. The molecular weight excluding hydrogens is 452 g/mol. The molecule has 1 rings (SSSR count). The Morgan fingerprint density at radius 1 is 0.576 bits per heavy atom. The summed E-state index contributed by atoms with van der Waals surface area (Å²) in [7, 11) is -3.75. The lowest BCUT2D eigenvalue weighted by Crippen LogP contribution is -2.15. The van der Waals surface area contributed by atoms with Gasteiger partial charge in [-0.2, -0.15) is 8.42 Å². The van der Waals surface area contributed by atoms with Crippen molar-refractivity contribution in [2.75, 3.05) is 85.9 Å². The summed E-state index contributed by atoms with van der Waals surface area (Å²) in [5, 5.41) is 0. The van der Waals surface area contributed by atoms with Crippen LogP contribution in [0.15, 0.2) is 29.2 Å². The summed E-state index contributed by atoms with van der Waals surface area (Å²) >= 11 is 0. The maximum absolute atomic E-state index is 12.0.